The van der Waals surface area contributed by atoms with Crippen LogP contribution in [0.4, 0.5) is 10.5 Å². The van der Waals surface area contributed by atoms with Gasteiger partial charge in [-0.25, -0.2) is 4.79 Å². The van der Waals surface area contributed by atoms with Gasteiger partial charge in [0.05, 0.1) is 24.5 Å². The highest BCUT2D eigenvalue weighted by molar-refractivity contribution is 5.88. The van der Waals surface area contributed by atoms with Crippen LogP contribution in [0.25, 0.3) is 0 Å². The van der Waals surface area contributed by atoms with Crippen LogP contribution in [0.5, 0.6) is 0 Å². The number of amides is 2. The molecule has 1 aromatic heterocycles. The number of nitrogens with zero attached hydrogens (tertiary/aromatic N) is 2. The second-order valence-corrected chi connectivity index (χ2v) is 7.65. The number of hydrogen-bond acceptors (Lipinski definition) is 4. The van der Waals surface area contributed by atoms with Gasteiger partial charge in [-0.3, -0.25) is 4.68 Å². The smallest absolute Gasteiger partial charge is 0.319 e. The monoisotopic (exact) mass is 384 g/mol. The zero-order valence-electron chi connectivity index (χ0n) is 16.1. The van der Waals surface area contributed by atoms with Gasteiger partial charge in [-0.15, -0.1) is 0 Å². The van der Waals surface area contributed by atoms with Crippen molar-refractivity contribution in [3.8, 4) is 0 Å². The molecule has 0 unspecified atom stereocenters. The maximum absolute atomic E-state index is 12.5. The summed E-state index contributed by atoms with van der Waals surface area (Å²) in [5.74, 6) is 0. The van der Waals surface area contributed by atoms with Crippen LogP contribution in [0.2, 0.25) is 0 Å². The Morgan fingerprint density at radius 1 is 1.21 bits per heavy atom. The molecule has 3 heterocycles. The summed E-state index contributed by atoms with van der Waals surface area (Å²) in [7, 11) is 0. The van der Waals surface area contributed by atoms with Crippen molar-refractivity contribution < 1.29 is 14.3 Å². The molecule has 4 rings (SSSR count). The molecule has 1 aromatic carbocycles. The fraction of sp³-hybridized carbons (Fsp3) is 0.524. The third-order valence-corrected chi connectivity index (χ3v) is 5.73. The van der Waals surface area contributed by atoms with Crippen LogP contribution in [0.3, 0.4) is 0 Å². The molecule has 2 aromatic rings. The van der Waals surface area contributed by atoms with E-state index in [-0.39, 0.29) is 17.6 Å². The maximum Gasteiger partial charge on any atom is 0.319 e. The molecule has 2 saturated heterocycles. The van der Waals surface area contributed by atoms with E-state index in [1.54, 1.807) is 6.20 Å². The number of aromatic nitrogens is 2. The van der Waals surface area contributed by atoms with Gasteiger partial charge >= 0.3 is 6.03 Å². The topological polar surface area (TPSA) is 77.4 Å². The lowest BCUT2D eigenvalue weighted by Crippen LogP contribution is -2.45. The first-order valence-corrected chi connectivity index (χ1v) is 10.1. The van der Waals surface area contributed by atoms with Gasteiger partial charge in [0.2, 0.25) is 0 Å². The Labute approximate surface area is 165 Å². The Bertz CT molecular complexity index is 765. The highest BCUT2D eigenvalue weighted by Crippen LogP contribution is 2.34. The third-order valence-electron chi connectivity index (χ3n) is 5.73. The minimum atomic E-state index is -0.210. The molecule has 2 N–H and O–H groups in total. The molecule has 0 spiro atoms. The van der Waals surface area contributed by atoms with Crippen LogP contribution in [0.15, 0.2) is 42.7 Å². The molecule has 28 heavy (non-hydrogen) atoms. The largest absolute Gasteiger partial charge is 0.381 e. The molecule has 7 heteroatoms. The Kier molecular flexibility index (Phi) is 5.92. The van der Waals surface area contributed by atoms with Crippen LogP contribution in [-0.4, -0.2) is 48.3 Å². The van der Waals surface area contributed by atoms with Crippen molar-refractivity contribution in [2.45, 2.75) is 43.7 Å². The minimum Gasteiger partial charge on any atom is -0.381 e. The molecule has 2 aliphatic heterocycles. The van der Waals surface area contributed by atoms with E-state index < -0.39 is 0 Å². The lowest BCUT2D eigenvalue weighted by molar-refractivity contribution is 0.0508. The number of carbonyl (C=O) groups excluding carboxylic acids is 1. The molecule has 0 saturated carbocycles. The van der Waals surface area contributed by atoms with Crippen molar-refractivity contribution in [1.29, 1.82) is 0 Å². The highest BCUT2D eigenvalue weighted by atomic mass is 16.5. The molecule has 2 aliphatic rings. The minimum absolute atomic E-state index is 0.0825. The van der Waals surface area contributed by atoms with Gasteiger partial charge in [-0.05, 0) is 31.2 Å². The summed E-state index contributed by atoms with van der Waals surface area (Å²) in [4.78, 5) is 12.5. The predicted octanol–water partition coefficient (Wildman–Crippen LogP) is 2.93. The molecule has 2 amide bonds. The summed E-state index contributed by atoms with van der Waals surface area (Å²) in [5, 5.41) is 10.3. The maximum atomic E-state index is 12.5. The van der Waals surface area contributed by atoms with Crippen LogP contribution < -0.4 is 10.6 Å². The Morgan fingerprint density at radius 2 is 2.04 bits per heavy atom. The van der Waals surface area contributed by atoms with Crippen LogP contribution in [-0.2, 0) is 21.4 Å². The Hall–Kier alpha value is -2.38. The van der Waals surface area contributed by atoms with Gasteiger partial charge in [0.1, 0.15) is 0 Å². The fourth-order valence-electron chi connectivity index (χ4n) is 4.07. The zero-order valence-corrected chi connectivity index (χ0v) is 16.1. The quantitative estimate of drug-likeness (QED) is 0.803. The number of ether oxygens (including phenoxy) is 2. The van der Waals surface area contributed by atoms with Crippen molar-refractivity contribution in [1.82, 2.24) is 15.1 Å². The van der Waals surface area contributed by atoms with Crippen molar-refractivity contribution in [3.05, 3.63) is 48.3 Å². The summed E-state index contributed by atoms with van der Waals surface area (Å²) < 4.78 is 13.0. The van der Waals surface area contributed by atoms with Crippen LogP contribution in [0, 0.1) is 0 Å². The lowest BCUT2D eigenvalue weighted by atomic mass is 9.74. The lowest BCUT2D eigenvalue weighted by Gasteiger charge is -2.37. The summed E-state index contributed by atoms with van der Waals surface area (Å²) in [6.07, 6.45) is 7.72. The molecule has 150 valence electrons. The molecule has 0 bridgehead atoms. The van der Waals surface area contributed by atoms with Crippen LogP contribution >= 0.6 is 0 Å². The summed E-state index contributed by atoms with van der Waals surface area (Å²) >= 11 is 0. The third kappa shape index (κ3) is 4.54. The highest BCUT2D eigenvalue weighted by Gasteiger charge is 2.34. The number of nitrogens with one attached hydrogen (secondary N) is 2. The van der Waals surface area contributed by atoms with E-state index in [2.05, 4.69) is 40.0 Å². The SMILES string of the molecule is O=C(NCC1(c2ccccc2)CCOCC1)Nc1cnn(C[C@@H]2CCCO2)c1. The van der Waals surface area contributed by atoms with Crippen molar-refractivity contribution >= 4 is 11.7 Å². The number of urea groups is 1. The number of rotatable bonds is 6. The average molecular weight is 384 g/mol. The zero-order chi connectivity index (χ0) is 19.2. The van der Waals surface area contributed by atoms with E-state index in [4.69, 9.17) is 9.47 Å². The van der Waals surface area contributed by atoms with Crippen molar-refractivity contribution in [2.75, 3.05) is 31.7 Å². The predicted molar refractivity (Wildman–Crippen MR) is 106 cm³/mol. The van der Waals surface area contributed by atoms with E-state index in [0.29, 0.717) is 25.4 Å². The first kappa shape index (κ1) is 19.0. The first-order valence-electron chi connectivity index (χ1n) is 10.1. The van der Waals surface area contributed by atoms with Crippen LogP contribution in [0.1, 0.15) is 31.2 Å². The van der Waals surface area contributed by atoms with E-state index >= 15 is 0 Å². The average Bonchev–Trinajstić information content (AvgIpc) is 3.40. The summed E-state index contributed by atoms with van der Waals surface area (Å²) in [6, 6.07) is 10.2. The second kappa shape index (κ2) is 8.75. The van der Waals surface area contributed by atoms with Gasteiger partial charge in [-0.1, -0.05) is 30.3 Å². The van der Waals surface area contributed by atoms with E-state index in [0.717, 1.165) is 38.8 Å². The number of hydrogen-bond donors (Lipinski definition) is 2. The van der Waals surface area contributed by atoms with E-state index in [1.165, 1.54) is 5.56 Å². The van der Waals surface area contributed by atoms with Gasteiger partial charge in [0, 0.05) is 38.0 Å². The summed E-state index contributed by atoms with van der Waals surface area (Å²) in [5.41, 5.74) is 1.86. The van der Waals surface area contributed by atoms with Gasteiger partial charge < -0.3 is 20.1 Å². The molecule has 0 radical (unpaired) electrons. The van der Waals surface area contributed by atoms with Gasteiger partial charge in [-0.2, -0.15) is 5.10 Å². The molecule has 2 fully saturated rings. The fourth-order valence-corrected chi connectivity index (χ4v) is 4.07. The molecular weight excluding hydrogens is 356 g/mol. The van der Waals surface area contributed by atoms with Crippen molar-refractivity contribution in [3.63, 3.8) is 0 Å². The summed E-state index contributed by atoms with van der Waals surface area (Å²) in [6.45, 7) is 3.56. The molecule has 0 aliphatic carbocycles. The van der Waals surface area contributed by atoms with E-state index in [1.807, 2.05) is 16.9 Å². The van der Waals surface area contributed by atoms with Gasteiger partial charge in [0.15, 0.2) is 0 Å². The number of benzene rings is 1. The molecule has 1 atom stereocenters. The number of carbonyl (C=O) groups is 1. The standard InChI is InChI=1S/C21H28N4O3/c26-20(24-18-13-23-25(14-18)15-19-7-4-10-28-19)22-16-21(8-11-27-12-9-21)17-5-2-1-3-6-17/h1-3,5-6,13-14,19H,4,7-12,15-16H2,(H2,22,24,26)/t19-/m0/s1. The number of anilines is 1. The first-order chi connectivity index (χ1) is 13.7. The molecule has 7 nitrogen and oxygen atoms in total. The second-order valence-electron chi connectivity index (χ2n) is 7.65. The molecular formula is C21H28N4O3. The Balaban J connectivity index is 1.33. The van der Waals surface area contributed by atoms with E-state index in [9.17, 15) is 4.79 Å². The normalized spacial score (nSPS) is 21.4. The Morgan fingerprint density at radius 3 is 2.79 bits per heavy atom. The van der Waals surface area contributed by atoms with Gasteiger partial charge in [0.25, 0.3) is 0 Å². The van der Waals surface area contributed by atoms with Crippen molar-refractivity contribution in [2.24, 2.45) is 0 Å².